The van der Waals surface area contributed by atoms with Gasteiger partial charge in [-0.15, -0.1) is 0 Å². The molecule has 2 aromatic rings. The Bertz CT molecular complexity index is 1000. The summed E-state index contributed by atoms with van der Waals surface area (Å²) in [4.78, 5) is 23.7. The van der Waals surface area contributed by atoms with E-state index >= 15 is 0 Å². The van der Waals surface area contributed by atoms with E-state index in [0.717, 1.165) is 36.4 Å². The molecule has 10 heteroatoms. The predicted molar refractivity (Wildman–Crippen MR) is 119 cm³/mol. The van der Waals surface area contributed by atoms with Crippen LogP contribution in [0.25, 0.3) is 0 Å². The first-order valence-electron chi connectivity index (χ1n) is 11.8. The van der Waals surface area contributed by atoms with E-state index in [9.17, 15) is 18.0 Å². The number of carbonyl (C=O) groups excluding carboxylic acids is 1. The number of nitrogens with zero attached hydrogens (tertiary/aromatic N) is 4. The summed E-state index contributed by atoms with van der Waals surface area (Å²) < 4.78 is 50.4. The van der Waals surface area contributed by atoms with Crippen LogP contribution in [0.1, 0.15) is 48.1 Å². The van der Waals surface area contributed by atoms with Crippen LogP contribution in [0.4, 0.5) is 23.8 Å². The second kappa shape index (κ2) is 9.13. The Kier molecular flexibility index (Phi) is 6.18. The number of carbonyl (C=O) groups is 1. The van der Waals surface area contributed by atoms with Gasteiger partial charge in [-0.05, 0) is 37.0 Å². The largest absolute Gasteiger partial charge is 0.446 e. The molecule has 2 aliphatic heterocycles. The Balaban J connectivity index is 1.39. The molecule has 7 nitrogen and oxygen atoms in total. The molecule has 34 heavy (non-hydrogen) atoms. The number of morpholine rings is 1. The number of aromatic nitrogens is 1. The first kappa shape index (κ1) is 23.0. The number of ether oxygens (including phenoxy) is 1. The topological polar surface area (TPSA) is 62.1 Å². The molecule has 1 aromatic heterocycles. The van der Waals surface area contributed by atoms with Crippen LogP contribution in [0.3, 0.4) is 0 Å². The molecule has 1 saturated carbocycles. The molecule has 0 spiro atoms. The van der Waals surface area contributed by atoms with Crippen molar-refractivity contribution in [2.45, 2.75) is 43.3 Å². The van der Waals surface area contributed by atoms with Gasteiger partial charge in [0.2, 0.25) is 5.89 Å². The number of urea groups is 1. The molecular weight excluding hydrogens is 449 g/mol. The minimum atomic E-state index is -4.38. The molecule has 0 radical (unpaired) electrons. The summed E-state index contributed by atoms with van der Waals surface area (Å²) >= 11 is 0. The van der Waals surface area contributed by atoms with Crippen LogP contribution in [0.2, 0.25) is 0 Å². The zero-order chi connectivity index (χ0) is 23.9. The molecule has 0 bridgehead atoms. The number of anilines is 1. The van der Waals surface area contributed by atoms with Gasteiger partial charge in [0.1, 0.15) is 6.26 Å². The number of likely N-dealkylation sites (tertiary alicyclic amines) is 1. The molecular formula is C24H29F3N4O3. The summed E-state index contributed by atoms with van der Waals surface area (Å²) in [5.41, 5.74) is 0.102. The van der Waals surface area contributed by atoms with Gasteiger partial charge in [0.25, 0.3) is 0 Å². The van der Waals surface area contributed by atoms with E-state index < -0.39 is 11.7 Å². The first-order valence-corrected chi connectivity index (χ1v) is 11.8. The fraction of sp³-hybridized carbons (Fsp3) is 0.583. The van der Waals surface area contributed by atoms with E-state index in [1.807, 2.05) is 7.05 Å². The zero-order valence-corrected chi connectivity index (χ0v) is 19.1. The number of hydrogen-bond acceptors (Lipinski definition) is 5. The summed E-state index contributed by atoms with van der Waals surface area (Å²) in [5, 5.41) is 0. The average Bonchev–Trinajstić information content (AvgIpc) is 3.59. The molecule has 1 aliphatic carbocycles. The molecule has 3 heterocycles. The highest BCUT2D eigenvalue weighted by Crippen LogP contribution is 2.38. The molecule has 2 atom stereocenters. The minimum absolute atomic E-state index is 0.0770. The van der Waals surface area contributed by atoms with Crippen LogP contribution in [0, 0.1) is 0 Å². The lowest BCUT2D eigenvalue weighted by Gasteiger charge is -2.40. The standard InChI is InChI=1S/C24H29F3N4O3/c1-29(20-6-7-20)21-15-34-22(28-21)18-12-17(16-2-4-19(5-3-16)24(25,26)27)13-31(14-18)23(32)30-8-10-33-11-9-30/h2-5,15,17-18,20H,6-14H2,1H3. The van der Waals surface area contributed by atoms with Gasteiger partial charge in [0.15, 0.2) is 5.82 Å². The first-order chi connectivity index (χ1) is 16.3. The van der Waals surface area contributed by atoms with Gasteiger partial charge in [-0.3, -0.25) is 0 Å². The molecule has 3 aliphatic rings. The van der Waals surface area contributed by atoms with Crippen LogP contribution in [0.15, 0.2) is 34.9 Å². The van der Waals surface area contributed by atoms with Gasteiger partial charge in [-0.1, -0.05) is 12.1 Å². The predicted octanol–water partition coefficient (Wildman–Crippen LogP) is 4.32. The lowest BCUT2D eigenvalue weighted by molar-refractivity contribution is -0.137. The number of oxazole rings is 1. The number of piperidine rings is 1. The fourth-order valence-electron chi connectivity index (χ4n) is 4.85. The van der Waals surface area contributed by atoms with Crippen molar-refractivity contribution < 1.29 is 27.1 Å². The summed E-state index contributed by atoms with van der Waals surface area (Å²) in [6, 6.07) is 5.68. The molecule has 184 valence electrons. The summed E-state index contributed by atoms with van der Waals surface area (Å²) in [5.74, 6) is 1.08. The third-order valence-electron chi connectivity index (χ3n) is 7.03. The maximum atomic E-state index is 13.3. The van der Waals surface area contributed by atoms with Gasteiger partial charge in [-0.25, -0.2) is 4.79 Å². The van der Waals surface area contributed by atoms with Gasteiger partial charge in [0.05, 0.1) is 24.7 Å². The lowest BCUT2D eigenvalue weighted by atomic mass is 9.84. The van der Waals surface area contributed by atoms with E-state index in [1.54, 1.807) is 16.1 Å². The number of rotatable bonds is 4. The molecule has 5 rings (SSSR count). The minimum Gasteiger partial charge on any atom is -0.446 e. The van der Waals surface area contributed by atoms with Crippen molar-refractivity contribution in [2.24, 2.45) is 0 Å². The van der Waals surface area contributed by atoms with Crippen LogP contribution >= 0.6 is 0 Å². The van der Waals surface area contributed by atoms with E-state index in [-0.39, 0.29) is 17.9 Å². The van der Waals surface area contributed by atoms with Crippen molar-refractivity contribution >= 4 is 11.8 Å². The van der Waals surface area contributed by atoms with Gasteiger partial charge >= 0.3 is 12.2 Å². The SMILES string of the molecule is CN(c1coc(C2CC(c3ccc(C(F)(F)F)cc3)CN(C(=O)N3CCOCC3)C2)n1)C1CC1. The van der Waals surface area contributed by atoms with Crippen molar-refractivity contribution in [3.05, 3.63) is 47.5 Å². The molecule has 1 aromatic carbocycles. The van der Waals surface area contributed by atoms with E-state index in [2.05, 4.69) is 4.90 Å². The van der Waals surface area contributed by atoms with E-state index in [0.29, 0.717) is 57.7 Å². The van der Waals surface area contributed by atoms with Crippen molar-refractivity contribution in [3.63, 3.8) is 0 Å². The molecule has 3 fully saturated rings. The molecule has 2 unspecified atom stereocenters. The molecule has 2 saturated heterocycles. The average molecular weight is 479 g/mol. The quantitative estimate of drug-likeness (QED) is 0.655. The highest BCUT2D eigenvalue weighted by atomic mass is 19.4. The van der Waals surface area contributed by atoms with Gasteiger partial charge < -0.3 is 23.9 Å². The van der Waals surface area contributed by atoms with Crippen LogP contribution in [-0.2, 0) is 10.9 Å². The maximum Gasteiger partial charge on any atom is 0.416 e. The summed E-state index contributed by atoms with van der Waals surface area (Å²) in [6.45, 7) is 2.96. The number of hydrogen-bond donors (Lipinski definition) is 0. The Morgan fingerprint density at radius 1 is 1.06 bits per heavy atom. The number of halogens is 3. The fourth-order valence-corrected chi connectivity index (χ4v) is 4.85. The van der Waals surface area contributed by atoms with E-state index in [1.165, 1.54) is 12.1 Å². The molecule has 2 amide bonds. The van der Waals surface area contributed by atoms with Crippen molar-refractivity contribution in [1.82, 2.24) is 14.8 Å². The number of amides is 2. The second-order valence-electron chi connectivity index (χ2n) is 9.42. The van der Waals surface area contributed by atoms with E-state index in [4.69, 9.17) is 14.1 Å². The Morgan fingerprint density at radius 2 is 1.74 bits per heavy atom. The van der Waals surface area contributed by atoms with Crippen LogP contribution < -0.4 is 4.90 Å². The Labute approximate surface area is 196 Å². The van der Waals surface area contributed by atoms with Crippen molar-refractivity contribution in [2.75, 3.05) is 51.3 Å². The Morgan fingerprint density at radius 3 is 2.38 bits per heavy atom. The molecule has 0 N–H and O–H groups in total. The van der Waals surface area contributed by atoms with Crippen molar-refractivity contribution in [3.8, 4) is 0 Å². The van der Waals surface area contributed by atoms with Gasteiger partial charge in [0, 0.05) is 45.2 Å². The second-order valence-corrected chi connectivity index (χ2v) is 9.42. The number of alkyl halides is 3. The van der Waals surface area contributed by atoms with Crippen molar-refractivity contribution in [1.29, 1.82) is 0 Å². The van der Waals surface area contributed by atoms with Gasteiger partial charge in [-0.2, -0.15) is 18.2 Å². The highest BCUT2D eigenvalue weighted by molar-refractivity contribution is 5.75. The Hall–Kier alpha value is -2.75. The normalized spacial score (nSPS) is 23.8. The third-order valence-corrected chi connectivity index (χ3v) is 7.03. The summed E-state index contributed by atoms with van der Waals surface area (Å²) in [6.07, 6.45) is 0.197. The zero-order valence-electron chi connectivity index (χ0n) is 19.1. The smallest absolute Gasteiger partial charge is 0.416 e. The third kappa shape index (κ3) is 4.87. The monoisotopic (exact) mass is 478 g/mol. The maximum absolute atomic E-state index is 13.3. The number of benzene rings is 1. The lowest BCUT2D eigenvalue weighted by Crippen LogP contribution is -2.52. The van der Waals surface area contributed by atoms with Crippen LogP contribution in [-0.4, -0.2) is 73.3 Å². The van der Waals surface area contributed by atoms with Crippen LogP contribution in [0.5, 0.6) is 0 Å². The highest BCUT2D eigenvalue weighted by Gasteiger charge is 2.37. The summed E-state index contributed by atoms with van der Waals surface area (Å²) in [7, 11) is 2.00.